The Balaban J connectivity index is 1.93. The van der Waals surface area contributed by atoms with Gasteiger partial charge >= 0.3 is 0 Å². The van der Waals surface area contributed by atoms with Crippen molar-refractivity contribution in [1.82, 2.24) is 15.1 Å². The van der Waals surface area contributed by atoms with Crippen LogP contribution in [0.3, 0.4) is 0 Å². The molecule has 1 saturated carbocycles. The highest BCUT2D eigenvalue weighted by Gasteiger charge is 2.33. The molecular formula is C18H37N3. The quantitative estimate of drug-likeness (QED) is 0.779. The molecule has 0 bridgehead atoms. The second-order valence-electron chi connectivity index (χ2n) is 7.56. The Hall–Kier alpha value is -0.120. The van der Waals surface area contributed by atoms with E-state index < -0.39 is 0 Å². The van der Waals surface area contributed by atoms with Gasteiger partial charge in [-0.05, 0) is 71.1 Å². The summed E-state index contributed by atoms with van der Waals surface area (Å²) in [6, 6.07) is 1.56. The van der Waals surface area contributed by atoms with Gasteiger partial charge in [0.1, 0.15) is 0 Å². The van der Waals surface area contributed by atoms with Crippen molar-refractivity contribution in [3.63, 3.8) is 0 Å². The first kappa shape index (κ1) is 17.2. The average Bonchev–Trinajstić information content (AvgIpc) is 2.87. The van der Waals surface area contributed by atoms with Gasteiger partial charge in [-0.15, -0.1) is 0 Å². The van der Waals surface area contributed by atoms with Crippen LogP contribution in [0, 0.1) is 11.8 Å². The first-order valence-corrected chi connectivity index (χ1v) is 9.26. The normalized spacial score (nSPS) is 34.7. The Kier molecular flexibility index (Phi) is 6.97. The fourth-order valence-electron chi connectivity index (χ4n) is 4.53. The third-order valence-corrected chi connectivity index (χ3v) is 5.68. The molecule has 1 aliphatic heterocycles. The predicted molar refractivity (Wildman–Crippen MR) is 91.7 cm³/mol. The van der Waals surface area contributed by atoms with E-state index in [4.69, 9.17) is 0 Å². The van der Waals surface area contributed by atoms with Crippen molar-refractivity contribution in [2.75, 3.05) is 40.3 Å². The van der Waals surface area contributed by atoms with Crippen LogP contribution in [0.1, 0.15) is 52.4 Å². The van der Waals surface area contributed by atoms with Gasteiger partial charge in [-0.1, -0.05) is 20.3 Å². The minimum Gasteiger partial charge on any atom is -0.314 e. The van der Waals surface area contributed by atoms with Crippen LogP contribution in [0.15, 0.2) is 0 Å². The van der Waals surface area contributed by atoms with Crippen molar-refractivity contribution >= 4 is 0 Å². The van der Waals surface area contributed by atoms with Gasteiger partial charge in [0.25, 0.3) is 0 Å². The summed E-state index contributed by atoms with van der Waals surface area (Å²) < 4.78 is 0. The van der Waals surface area contributed by atoms with Crippen LogP contribution in [0.5, 0.6) is 0 Å². The minimum absolute atomic E-state index is 0.762. The molecule has 124 valence electrons. The molecule has 4 atom stereocenters. The molecular weight excluding hydrogens is 258 g/mol. The topological polar surface area (TPSA) is 18.5 Å². The van der Waals surface area contributed by atoms with E-state index in [9.17, 15) is 0 Å². The molecule has 3 heteroatoms. The largest absolute Gasteiger partial charge is 0.314 e. The third-order valence-electron chi connectivity index (χ3n) is 5.68. The maximum atomic E-state index is 3.77. The number of hydrogen-bond acceptors (Lipinski definition) is 3. The van der Waals surface area contributed by atoms with E-state index in [1.807, 2.05) is 0 Å². The molecule has 1 heterocycles. The molecule has 1 N–H and O–H groups in total. The number of rotatable bonds is 7. The fraction of sp³-hybridized carbons (Fsp3) is 1.00. The predicted octanol–water partition coefficient (Wildman–Crippen LogP) is 2.82. The SMILES string of the molecule is CCNC1CCC(CC)CC1CN1CCCC1CN(C)C. The van der Waals surface area contributed by atoms with Gasteiger partial charge in [-0.3, -0.25) is 4.90 Å². The number of nitrogens with zero attached hydrogens (tertiary/aromatic N) is 2. The summed E-state index contributed by atoms with van der Waals surface area (Å²) in [6.45, 7) is 9.64. The first-order valence-electron chi connectivity index (χ1n) is 9.26. The molecule has 0 aromatic carbocycles. The van der Waals surface area contributed by atoms with Gasteiger partial charge in [0.05, 0.1) is 0 Å². The van der Waals surface area contributed by atoms with Crippen molar-refractivity contribution in [2.24, 2.45) is 11.8 Å². The molecule has 1 aliphatic carbocycles. The molecule has 2 aliphatic rings. The average molecular weight is 296 g/mol. The number of likely N-dealkylation sites (tertiary alicyclic amines) is 1. The van der Waals surface area contributed by atoms with E-state index >= 15 is 0 Å². The van der Waals surface area contributed by atoms with Crippen molar-refractivity contribution in [3.05, 3.63) is 0 Å². The first-order chi connectivity index (χ1) is 10.1. The highest BCUT2D eigenvalue weighted by atomic mass is 15.2. The molecule has 0 amide bonds. The minimum atomic E-state index is 0.762. The van der Waals surface area contributed by atoms with Gasteiger partial charge in [-0.2, -0.15) is 0 Å². The lowest BCUT2D eigenvalue weighted by Gasteiger charge is -2.40. The Morgan fingerprint density at radius 3 is 2.62 bits per heavy atom. The fourth-order valence-corrected chi connectivity index (χ4v) is 4.53. The summed E-state index contributed by atoms with van der Waals surface area (Å²) >= 11 is 0. The summed E-state index contributed by atoms with van der Waals surface area (Å²) in [5.41, 5.74) is 0. The van der Waals surface area contributed by atoms with E-state index in [1.165, 1.54) is 58.2 Å². The summed E-state index contributed by atoms with van der Waals surface area (Å²) in [5.74, 6) is 1.84. The molecule has 4 unspecified atom stereocenters. The van der Waals surface area contributed by atoms with Crippen molar-refractivity contribution in [1.29, 1.82) is 0 Å². The highest BCUT2D eigenvalue weighted by molar-refractivity contribution is 4.89. The molecule has 0 aromatic rings. The highest BCUT2D eigenvalue weighted by Crippen LogP contribution is 2.33. The molecule has 1 saturated heterocycles. The molecule has 2 fully saturated rings. The Morgan fingerprint density at radius 2 is 1.95 bits per heavy atom. The maximum Gasteiger partial charge on any atom is 0.0223 e. The van der Waals surface area contributed by atoms with Crippen molar-refractivity contribution in [2.45, 2.75) is 64.5 Å². The molecule has 3 nitrogen and oxygen atoms in total. The maximum absolute atomic E-state index is 3.77. The molecule has 21 heavy (non-hydrogen) atoms. The van der Waals surface area contributed by atoms with Gasteiger partial charge in [0.15, 0.2) is 0 Å². The smallest absolute Gasteiger partial charge is 0.0223 e. The Labute approximate surface area is 132 Å². The standard InChI is InChI=1S/C18H37N3/c1-5-15-9-10-18(19-6-2)16(12-15)13-21-11-7-8-17(21)14-20(3)4/h15-19H,5-14H2,1-4H3. The second-order valence-corrected chi connectivity index (χ2v) is 7.56. The summed E-state index contributed by atoms with van der Waals surface area (Å²) in [6.07, 6.45) is 8.44. The zero-order valence-corrected chi connectivity index (χ0v) is 14.8. The van der Waals surface area contributed by atoms with Crippen LogP contribution in [0.25, 0.3) is 0 Å². The molecule has 2 rings (SSSR count). The second kappa shape index (κ2) is 8.50. The van der Waals surface area contributed by atoms with E-state index in [0.717, 1.165) is 30.5 Å². The van der Waals surface area contributed by atoms with E-state index in [0.29, 0.717) is 0 Å². The van der Waals surface area contributed by atoms with Gasteiger partial charge in [-0.25, -0.2) is 0 Å². The van der Waals surface area contributed by atoms with Crippen LogP contribution < -0.4 is 5.32 Å². The van der Waals surface area contributed by atoms with Gasteiger partial charge in [0.2, 0.25) is 0 Å². The zero-order valence-electron chi connectivity index (χ0n) is 14.8. The number of nitrogens with one attached hydrogen (secondary N) is 1. The van der Waals surface area contributed by atoms with Crippen LogP contribution >= 0.6 is 0 Å². The van der Waals surface area contributed by atoms with E-state index in [-0.39, 0.29) is 0 Å². The molecule has 0 aromatic heterocycles. The molecule has 0 spiro atoms. The molecule has 0 radical (unpaired) electrons. The van der Waals surface area contributed by atoms with Gasteiger partial charge < -0.3 is 10.2 Å². The Bertz CT molecular complexity index is 292. The summed E-state index contributed by atoms with van der Waals surface area (Å²) in [5, 5.41) is 3.77. The van der Waals surface area contributed by atoms with E-state index in [1.54, 1.807) is 0 Å². The monoisotopic (exact) mass is 295 g/mol. The Morgan fingerprint density at radius 1 is 1.14 bits per heavy atom. The summed E-state index contributed by atoms with van der Waals surface area (Å²) in [4.78, 5) is 5.16. The van der Waals surface area contributed by atoms with E-state index in [2.05, 4.69) is 43.1 Å². The number of hydrogen-bond donors (Lipinski definition) is 1. The number of likely N-dealkylation sites (N-methyl/N-ethyl adjacent to an activating group) is 1. The lowest BCUT2D eigenvalue weighted by Crippen LogP contribution is -2.48. The van der Waals surface area contributed by atoms with Crippen LogP contribution in [0.4, 0.5) is 0 Å². The van der Waals surface area contributed by atoms with Crippen LogP contribution in [-0.2, 0) is 0 Å². The zero-order chi connectivity index (χ0) is 15.2. The van der Waals surface area contributed by atoms with Gasteiger partial charge in [0, 0.05) is 25.2 Å². The summed E-state index contributed by atoms with van der Waals surface area (Å²) in [7, 11) is 4.43. The lowest BCUT2D eigenvalue weighted by molar-refractivity contribution is 0.121. The van der Waals surface area contributed by atoms with Crippen LogP contribution in [-0.4, -0.2) is 62.2 Å². The van der Waals surface area contributed by atoms with Crippen molar-refractivity contribution < 1.29 is 0 Å². The van der Waals surface area contributed by atoms with Crippen LogP contribution in [0.2, 0.25) is 0 Å². The van der Waals surface area contributed by atoms with Crippen molar-refractivity contribution in [3.8, 4) is 0 Å². The third kappa shape index (κ3) is 4.94. The lowest BCUT2D eigenvalue weighted by atomic mass is 9.76.